The van der Waals surface area contributed by atoms with E-state index in [4.69, 9.17) is 0 Å². The molecule has 108 valence electrons. The van der Waals surface area contributed by atoms with E-state index in [0.29, 0.717) is 17.2 Å². The standard InChI is InChI=1S/C14H29NO2S/c1-4-18(16,17)12-8-9-13(15-3)14(2)10-6-5-7-11-14/h13,15H,4-12H2,1-3H3. The second-order valence-electron chi connectivity index (χ2n) is 5.93. The van der Waals surface area contributed by atoms with Gasteiger partial charge in [-0.1, -0.05) is 33.1 Å². The summed E-state index contributed by atoms with van der Waals surface area (Å²) in [5, 5.41) is 3.42. The number of sulfone groups is 1. The van der Waals surface area contributed by atoms with Crippen molar-refractivity contribution < 1.29 is 8.42 Å². The molecule has 1 aliphatic rings. The quantitative estimate of drug-likeness (QED) is 0.777. The molecule has 1 aliphatic carbocycles. The van der Waals surface area contributed by atoms with Crippen LogP contribution in [0.2, 0.25) is 0 Å². The lowest BCUT2D eigenvalue weighted by atomic mass is 9.69. The highest BCUT2D eigenvalue weighted by Crippen LogP contribution is 2.40. The zero-order valence-electron chi connectivity index (χ0n) is 12.2. The van der Waals surface area contributed by atoms with Crippen LogP contribution in [0.15, 0.2) is 0 Å². The largest absolute Gasteiger partial charge is 0.316 e. The van der Waals surface area contributed by atoms with E-state index < -0.39 is 9.84 Å². The van der Waals surface area contributed by atoms with Crippen LogP contribution >= 0.6 is 0 Å². The minimum absolute atomic E-state index is 0.272. The molecule has 0 aliphatic heterocycles. The first-order chi connectivity index (χ1) is 8.43. The number of hydrogen-bond acceptors (Lipinski definition) is 3. The predicted octanol–water partition coefficient (Wildman–Crippen LogP) is 2.76. The molecular weight excluding hydrogens is 246 g/mol. The lowest BCUT2D eigenvalue weighted by molar-refractivity contribution is 0.143. The fraction of sp³-hybridized carbons (Fsp3) is 1.00. The summed E-state index contributed by atoms with van der Waals surface area (Å²) in [6, 6.07) is 0.463. The van der Waals surface area contributed by atoms with Gasteiger partial charge in [0.1, 0.15) is 9.84 Å². The molecule has 1 N–H and O–H groups in total. The molecule has 1 unspecified atom stereocenters. The first-order valence-corrected chi connectivity index (χ1v) is 9.13. The van der Waals surface area contributed by atoms with Gasteiger partial charge in [0.05, 0.1) is 5.75 Å². The summed E-state index contributed by atoms with van der Waals surface area (Å²) in [7, 11) is -0.789. The van der Waals surface area contributed by atoms with Gasteiger partial charge in [0.2, 0.25) is 0 Å². The second kappa shape index (κ2) is 6.90. The predicted molar refractivity (Wildman–Crippen MR) is 77.6 cm³/mol. The van der Waals surface area contributed by atoms with Crippen molar-refractivity contribution in [3.05, 3.63) is 0 Å². The van der Waals surface area contributed by atoms with E-state index in [2.05, 4.69) is 12.2 Å². The van der Waals surface area contributed by atoms with Gasteiger partial charge < -0.3 is 5.32 Å². The van der Waals surface area contributed by atoms with Crippen LogP contribution in [0.25, 0.3) is 0 Å². The van der Waals surface area contributed by atoms with Crippen LogP contribution in [0, 0.1) is 5.41 Å². The van der Waals surface area contributed by atoms with Gasteiger partial charge in [-0.3, -0.25) is 0 Å². The maximum absolute atomic E-state index is 11.5. The average molecular weight is 275 g/mol. The summed E-state index contributed by atoms with van der Waals surface area (Å²) in [5.74, 6) is 0.617. The Morgan fingerprint density at radius 3 is 2.33 bits per heavy atom. The van der Waals surface area contributed by atoms with Gasteiger partial charge in [0, 0.05) is 11.8 Å². The molecule has 1 saturated carbocycles. The molecule has 1 atom stereocenters. The van der Waals surface area contributed by atoms with Crippen LogP contribution in [0.5, 0.6) is 0 Å². The van der Waals surface area contributed by atoms with Crippen LogP contribution in [0.1, 0.15) is 58.8 Å². The van der Waals surface area contributed by atoms with Gasteiger partial charge in [-0.25, -0.2) is 8.42 Å². The molecule has 0 aromatic rings. The van der Waals surface area contributed by atoms with Crippen LogP contribution < -0.4 is 5.32 Å². The summed E-state index contributed by atoms with van der Waals surface area (Å²) in [4.78, 5) is 0. The Morgan fingerprint density at radius 2 is 1.83 bits per heavy atom. The Labute approximate surface area is 113 Å². The summed E-state index contributed by atoms with van der Waals surface area (Å²) in [6.45, 7) is 4.09. The van der Waals surface area contributed by atoms with Crippen molar-refractivity contribution >= 4 is 9.84 Å². The molecule has 4 heteroatoms. The average Bonchev–Trinajstić information content (AvgIpc) is 2.35. The van der Waals surface area contributed by atoms with Crippen molar-refractivity contribution in [1.29, 1.82) is 0 Å². The third-order valence-corrected chi connectivity index (χ3v) is 6.36. The zero-order chi connectivity index (χ0) is 13.6. The highest BCUT2D eigenvalue weighted by molar-refractivity contribution is 7.91. The summed E-state index contributed by atoms with van der Waals surface area (Å²) in [6.07, 6.45) is 8.32. The second-order valence-corrected chi connectivity index (χ2v) is 8.41. The maximum atomic E-state index is 11.5. The van der Waals surface area contributed by atoms with E-state index in [-0.39, 0.29) is 5.75 Å². The molecule has 3 nitrogen and oxygen atoms in total. The van der Waals surface area contributed by atoms with Crippen molar-refractivity contribution in [3.8, 4) is 0 Å². The third-order valence-electron chi connectivity index (χ3n) is 4.57. The normalized spacial score (nSPS) is 21.7. The Bertz CT molecular complexity index is 332. The van der Waals surface area contributed by atoms with Crippen LogP contribution in [-0.4, -0.2) is 33.0 Å². The maximum Gasteiger partial charge on any atom is 0.150 e. The highest BCUT2D eigenvalue weighted by Gasteiger charge is 2.34. The molecule has 0 aromatic heterocycles. The van der Waals surface area contributed by atoms with E-state index in [1.165, 1.54) is 32.1 Å². The Balaban J connectivity index is 2.46. The molecule has 0 aromatic carbocycles. The van der Waals surface area contributed by atoms with Crippen LogP contribution in [0.3, 0.4) is 0 Å². The van der Waals surface area contributed by atoms with Gasteiger partial charge in [-0.05, 0) is 38.1 Å². The SMILES string of the molecule is CCS(=O)(=O)CCCC(NC)C1(C)CCCCC1. The van der Waals surface area contributed by atoms with Crippen LogP contribution in [0.4, 0.5) is 0 Å². The van der Waals surface area contributed by atoms with Gasteiger partial charge in [0.25, 0.3) is 0 Å². The fourth-order valence-corrected chi connectivity index (χ4v) is 4.10. The molecule has 0 saturated heterocycles. The lowest BCUT2D eigenvalue weighted by Gasteiger charge is -2.41. The minimum Gasteiger partial charge on any atom is -0.316 e. The monoisotopic (exact) mass is 275 g/mol. The van der Waals surface area contributed by atoms with Gasteiger partial charge in [-0.2, -0.15) is 0 Å². The molecular formula is C14H29NO2S. The number of rotatable bonds is 7. The van der Waals surface area contributed by atoms with Crippen molar-refractivity contribution in [2.24, 2.45) is 5.41 Å². The molecule has 1 fully saturated rings. The summed E-state index contributed by atoms with van der Waals surface area (Å²) in [5.41, 5.74) is 0.364. The molecule has 0 bridgehead atoms. The lowest BCUT2D eigenvalue weighted by Crippen LogP contribution is -2.43. The van der Waals surface area contributed by atoms with Crippen molar-refractivity contribution in [3.63, 3.8) is 0 Å². The van der Waals surface area contributed by atoms with E-state index in [9.17, 15) is 8.42 Å². The summed E-state index contributed by atoms with van der Waals surface area (Å²) >= 11 is 0. The molecule has 0 spiro atoms. The molecule has 0 amide bonds. The first kappa shape index (κ1) is 16.0. The molecule has 1 rings (SSSR count). The number of hydrogen-bond donors (Lipinski definition) is 1. The van der Waals surface area contributed by atoms with Gasteiger partial charge in [0.15, 0.2) is 0 Å². The minimum atomic E-state index is -2.80. The zero-order valence-corrected chi connectivity index (χ0v) is 13.0. The van der Waals surface area contributed by atoms with E-state index >= 15 is 0 Å². The van der Waals surface area contributed by atoms with Gasteiger partial charge in [-0.15, -0.1) is 0 Å². The molecule has 18 heavy (non-hydrogen) atoms. The highest BCUT2D eigenvalue weighted by atomic mass is 32.2. The number of nitrogens with one attached hydrogen (secondary N) is 1. The molecule has 0 radical (unpaired) electrons. The van der Waals surface area contributed by atoms with Crippen molar-refractivity contribution in [2.45, 2.75) is 64.8 Å². The third kappa shape index (κ3) is 4.54. The smallest absolute Gasteiger partial charge is 0.150 e. The van der Waals surface area contributed by atoms with E-state index in [0.717, 1.165) is 12.8 Å². The Hall–Kier alpha value is -0.0900. The van der Waals surface area contributed by atoms with Crippen molar-refractivity contribution in [2.75, 3.05) is 18.6 Å². The van der Waals surface area contributed by atoms with Crippen molar-refractivity contribution in [1.82, 2.24) is 5.32 Å². The topological polar surface area (TPSA) is 46.2 Å². The summed E-state index contributed by atoms with van der Waals surface area (Å²) < 4.78 is 23.0. The van der Waals surface area contributed by atoms with E-state index in [1.807, 2.05) is 7.05 Å². The van der Waals surface area contributed by atoms with Crippen LogP contribution in [-0.2, 0) is 9.84 Å². The molecule has 0 heterocycles. The fourth-order valence-electron chi connectivity index (χ4n) is 3.20. The Morgan fingerprint density at radius 1 is 1.22 bits per heavy atom. The first-order valence-electron chi connectivity index (χ1n) is 7.31. The van der Waals surface area contributed by atoms with E-state index in [1.54, 1.807) is 6.92 Å². The van der Waals surface area contributed by atoms with Gasteiger partial charge >= 0.3 is 0 Å². The Kier molecular flexibility index (Phi) is 6.12.